The highest BCUT2D eigenvalue weighted by atomic mass is 32.2. The van der Waals surface area contributed by atoms with E-state index < -0.39 is 20.8 Å². The Kier molecular flexibility index (Phi) is 2.11. The average molecular weight is 150 g/mol. The predicted octanol–water partition coefficient (Wildman–Crippen LogP) is -0.0231. The zero-order chi connectivity index (χ0) is 7.65. The first-order chi connectivity index (χ1) is 3.85. The summed E-state index contributed by atoms with van der Waals surface area (Å²) in [6.07, 6.45) is 0. The summed E-state index contributed by atoms with van der Waals surface area (Å²) in [6, 6.07) is 0. The smallest absolute Gasteiger partial charge is 0.294 e. The highest BCUT2D eigenvalue weighted by molar-refractivity contribution is 7.90. The second-order valence-corrected chi connectivity index (χ2v) is 2.90. The van der Waals surface area contributed by atoms with Crippen LogP contribution in [0.15, 0.2) is 11.5 Å². The van der Waals surface area contributed by atoms with Gasteiger partial charge in [0, 0.05) is 0 Å². The molecule has 0 heterocycles. The minimum absolute atomic E-state index is 0.752. The van der Waals surface area contributed by atoms with E-state index in [9.17, 15) is 13.2 Å². The summed E-state index contributed by atoms with van der Waals surface area (Å²) in [5.74, 6) is -0.752. The summed E-state index contributed by atoms with van der Waals surface area (Å²) in [7, 11) is -4.35. The fraction of sp³-hybridized carbons (Fsp3) is 0.250. The SMILES string of the molecule is C=C(C(C)=O)S(=O)(=O)O. The molecule has 0 aromatic heterocycles. The first-order valence-electron chi connectivity index (χ1n) is 2.03. The molecule has 0 atom stereocenters. The van der Waals surface area contributed by atoms with Crippen molar-refractivity contribution < 1.29 is 17.8 Å². The Balaban J connectivity index is 4.66. The highest BCUT2D eigenvalue weighted by Crippen LogP contribution is 1.99. The number of hydrogen-bond acceptors (Lipinski definition) is 3. The molecule has 4 nitrogen and oxygen atoms in total. The Labute approximate surface area is 52.9 Å². The molecule has 0 aromatic rings. The second-order valence-electron chi connectivity index (χ2n) is 1.45. The van der Waals surface area contributed by atoms with Gasteiger partial charge in [0.25, 0.3) is 10.1 Å². The van der Waals surface area contributed by atoms with Crippen molar-refractivity contribution in [1.82, 2.24) is 0 Å². The fourth-order valence-electron chi connectivity index (χ4n) is 0.182. The van der Waals surface area contributed by atoms with Crippen molar-refractivity contribution in [2.45, 2.75) is 6.92 Å². The molecular weight excluding hydrogens is 144 g/mol. The van der Waals surface area contributed by atoms with E-state index in [2.05, 4.69) is 6.58 Å². The molecule has 0 bridgehead atoms. The molecule has 0 spiro atoms. The van der Waals surface area contributed by atoms with E-state index in [-0.39, 0.29) is 0 Å². The number of rotatable bonds is 2. The Hall–Kier alpha value is -0.680. The molecule has 0 rings (SSSR count). The molecular formula is C4H6O4S. The molecule has 0 aliphatic rings. The molecule has 1 N–H and O–H groups in total. The van der Waals surface area contributed by atoms with E-state index >= 15 is 0 Å². The van der Waals surface area contributed by atoms with E-state index in [1.54, 1.807) is 0 Å². The van der Waals surface area contributed by atoms with Gasteiger partial charge in [0.2, 0.25) is 0 Å². The lowest BCUT2D eigenvalue weighted by Crippen LogP contribution is -2.07. The molecule has 9 heavy (non-hydrogen) atoms. The van der Waals surface area contributed by atoms with Crippen molar-refractivity contribution >= 4 is 15.9 Å². The third-order valence-corrected chi connectivity index (χ3v) is 1.61. The van der Waals surface area contributed by atoms with Crippen molar-refractivity contribution in [3.63, 3.8) is 0 Å². The molecule has 0 saturated heterocycles. The van der Waals surface area contributed by atoms with Gasteiger partial charge in [0.05, 0.1) is 0 Å². The molecule has 0 aliphatic carbocycles. The predicted molar refractivity (Wildman–Crippen MR) is 31.4 cm³/mol. The monoisotopic (exact) mass is 150 g/mol. The van der Waals surface area contributed by atoms with Crippen LogP contribution >= 0.6 is 0 Å². The first-order valence-corrected chi connectivity index (χ1v) is 3.47. The Morgan fingerprint density at radius 1 is 1.56 bits per heavy atom. The number of carbonyl (C=O) groups is 1. The number of ketones is 1. The lowest BCUT2D eigenvalue weighted by molar-refractivity contribution is -0.113. The van der Waals surface area contributed by atoms with Crippen LogP contribution in [-0.2, 0) is 14.9 Å². The molecule has 0 aliphatic heterocycles. The Morgan fingerprint density at radius 2 is 1.89 bits per heavy atom. The number of allylic oxidation sites excluding steroid dienone is 1. The van der Waals surface area contributed by atoms with Crippen LogP contribution in [0.5, 0.6) is 0 Å². The number of hydrogen-bond donors (Lipinski definition) is 1. The van der Waals surface area contributed by atoms with Gasteiger partial charge < -0.3 is 0 Å². The van der Waals surface area contributed by atoms with Gasteiger partial charge in [-0.1, -0.05) is 6.58 Å². The summed E-state index contributed by atoms with van der Waals surface area (Å²) < 4.78 is 28.1. The molecule has 0 saturated carbocycles. The maximum atomic E-state index is 10.2. The number of Topliss-reactive ketones (excluding diaryl/α,β-unsaturated/α-hetero) is 1. The first kappa shape index (κ1) is 8.32. The summed E-state index contributed by atoms with van der Waals surface area (Å²) in [6.45, 7) is 3.85. The summed E-state index contributed by atoms with van der Waals surface area (Å²) in [5.41, 5.74) is 0. The van der Waals surface area contributed by atoms with Crippen LogP contribution in [-0.4, -0.2) is 18.8 Å². The van der Waals surface area contributed by atoms with E-state index in [4.69, 9.17) is 4.55 Å². The lowest BCUT2D eigenvalue weighted by atomic mass is 10.4. The molecule has 0 amide bonds. The van der Waals surface area contributed by atoms with Crippen LogP contribution in [0.2, 0.25) is 0 Å². The largest absolute Gasteiger partial charge is 0.297 e. The quantitative estimate of drug-likeness (QED) is 0.443. The Morgan fingerprint density at radius 3 is 1.89 bits per heavy atom. The van der Waals surface area contributed by atoms with Gasteiger partial charge >= 0.3 is 0 Å². The third kappa shape index (κ3) is 2.39. The average Bonchev–Trinajstić information content (AvgIpc) is 1.62. The lowest BCUT2D eigenvalue weighted by Gasteiger charge is -1.91. The maximum Gasteiger partial charge on any atom is 0.297 e. The normalized spacial score (nSPS) is 10.9. The Bertz CT molecular complexity index is 235. The van der Waals surface area contributed by atoms with E-state index in [0.29, 0.717) is 0 Å². The minimum atomic E-state index is -4.35. The molecule has 52 valence electrons. The van der Waals surface area contributed by atoms with Crippen molar-refractivity contribution in [1.29, 1.82) is 0 Å². The second kappa shape index (κ2) is 2.28. The van der Waals surface area contributed by atoms with Crippen molar-refractivity contribution in [2.75, 3.05) is 0 Å². The van der Waals surface area contributed by atoms with Crippen LogP contribution in [0.4, 0.5) is 0 Å². The van der Waals surface area contributed by atoms with E-state index in [1.807, 2.05) is 0 Å². The van der Waals surface area contributed by atoms with Gasteiger partial charge in [0.15, 0.2) is 5.78 Å². The van der Waals surface area contributed by atoms with Crippen molar-refractivity contribution in [3.8, 4) is 0 Å². The standard InChI is InChI=1S/C4H6O4S/c1-3(5)4(2)9(6,7)8/h2H2,1H3,(H,6,7,8). The summed E-state index contributed by atoms with van der Waals surface area (Å²) in [5, 5.41) is 0. The number of carbonyl (C=O) groups excluding carboxylic acids is 1. The van der Waals surface area contributed by atoms with Gasteiger partial charge in [-0.05, 0) is 6.92 Å². The molecule has 0 aromatic carbocycles. The highest BCUT2D eigenvalue weighted by Gasteiger charge is 2.14. The maximum absolute atomic E-state index is 10.2. The van der Waals surface area contributed by atoms with E-state index in [0.717, 1.165) is 6.92 Å². The zero-order valence-corrected chi connectivity index (χ0v) is 5.60. The van der Waals surface area contributed by atoms with E-state index in [1.165, 1.54) is 0 Å². The van der Waals surface area contributed by atoms with Gasteiger partial charge in [-0.2, -0.15) is 8.42 Å². The zero-order valence-electron chi connectivity index (χ0n) is 4.79. The van der Waals surface area contributed by atoms with Crippen LogP contribution < -0.4 is 0 Å². The van der Waals surface area contributed by atoms with Crippen molar-refractivity contribution in [3.05, 3.63) is 11.5 Å². The third-order valence-electron chi connectivity index (χ3n) is 0.704. The molecule has 5 heteroatoms. The topological polar surface area (TPSA) is 71.4 Å². The minimum Gasteiger partial charge on any atom is -0.294 e. The van der Waals surface area contributed by atoms with Crippen LogP contribution in [0.25, 0.3) is 0 Å². The molecule has 0 radical (unpaired) electrons. The van der Waals surface area contributed by atoms with Gasteiger partial charge in [-0.3, -0.25) is 9.35 Å². The van der Waals surface area contributed by atoms with Crippen LogP contribution in [0.1, 0.15) is 6.92 Å². The summed E-state index contributed by atoms with van der Waals surface area (Å²) in [4.78, 5) is 9.38. The van der Waals surface area contributed by atoms with Crippen LogP contribution in [0, 0.1) is 0 Å². The fourth-order valence-corrected chi connectivity index (χ4v) is 0.545. The summed E-state index contributed by atoms with van der Waals surface area (Å²) >= 11 is 0. The van der Waals surface area contributed by atoms with Gasteiger partial charge in [0.1, 0.15) is 4.91 Å². The van der Waals surface area contributed by atoms with Crippen LogP contribution in [0.3, 0.4) is 0 Å². The van der Waals surface area contributed by atoms with Gasteiger partial charge in [-0.25, -0.2) is 0 Å². The molecule has 0 unspecified atom stereocenters. The van der Waals surface area contributed by atoms with Gasteiger partial charge in [-0.15, -0.1) is 0 Å². The molecule has 0 fully saturated rings. The van der Waals surface area contributed by atoms with Crippen molar-refractivity contribution in [2.24, 2.45) is 0 Å².